The van der Waals surface area contributed by atoms with Crippen molar-refractivity contribution < 1.29 is 13.2 Å². The minimum atomic E-state index is -0.798. The summed E-state index contributed by atoms with van der Waals surface area (Å²) in [5.41, 5.74) is 4.76. The highest BCUT2D eigenvalue weighted by molar-refractivity contribution is 6.30. The van der Waals surface area contributed by atoms with Crippen LogP contribution < -0.4 is 0 Å². The Labute approximate surface area is 210 Å². The minimum Gasteiger partial charge on any atom is -0.206 e. The van der Waals surface area contributed by atoms with Gasteiger partial charge in [0.2, 0.25) is 0 Å². The average molecular weight is 493 g/mol. The first-order chi connectivity index (χ1) is 16.9. The fraction of sp³-hybridized carbons (Fsp3) is 0.226. The fourth-order valence-electron chi connectivity index (χ4n) is 4.34. The van der Waals surface area contributed by atoms with Crippen LogP contribution in [-0.4, -0.2) is 0 Å². The standard InChI is InChI=1S/C31H28ClF3/c1-2-3-4-5-21-6-8-22(9-7-21)10-11-23-13-17-27-26(18-23)16-15-25(31(27)35)14-12-24-19-28(33)30(32)29(34)20-24/h2-3,6-9,13,15-20H,4-5,10-12,14H2,1H3/b3-2+. The van der Waals surface area contributed by atoms with Crippen molar-refractivity contribution in [3.63, 3.8) is 0 Å². The highest BCUT2D eigenvalue weighted by atomic mass is 35.5. The van der Waals surface area contributed by atoms with Crippen molar-refractivity contribution in [3.05, 3.63) is 129 Å². The number of aryl methyl sites for hydroxylation is 5. The minimum absolute atomic E-state index is 0.280. The van der Waals surface area contributed by atoms with Crippen molar-refractivity contribution in [3.8, 4) is 0 Å². The van der Waals surface area contributed by atoms with Gasteiger partial charge in [-0.1, -0.05) is 78.4 Å². The number of fused-ring (bicyclic) bond motifs is 1. The van der Waals surface area contributed by atoms with Crippen LogP contribution in [0.5, 0.6) is 0 Å². The van der Waals surface area contributed by atoms with Crippen LogP contribution in [0.1, 0.15) is 41.2 Å². The molecule has 0 aliphatic carbocycles. The van der Waals surface area contributed by atoms with Crippen molar-refractivity contribution >= 4 is 22.4 Å². The molecule has 0 amide bonds. The van der Waals surface area contributed by atoms with Crippen LogP contribution in [0, 0.1) is 17.5 Å². The Morgan fingerprint density at radius 2 is 1.26 bits per heavy atom. The van der Waals surface area contributed by atoms with E-state index in [0.29, 0.717) is 29.4 Å². The van der Waals surface area contributed by atoms with Gasteiger partial charge in [-0.25, -0.2) is 13.2 Å². The fourth-order valence-corrected chi connectivity index (χ4v) is 4.45. The monoisotopic (exact) mass is 492 g/mol. The lowest BCUT2D eigenvalue weighted by Gasteiger charge is -2.10. The highest BCUT2D eigenvalue weighted by Gasteiger charge is 2.12. The molecule has 0 aliphatic heterocycles. The van der Waals surface area contributed by atoms with Crippen LogP contribution in [0.3, 0.4) is 0 Å². The predicted octanol–water partition coefficient (Wildman–Crippen LogP) is 8.99. The number of hydrogen-bond donors (Lipinski definition) is 0. The maximum atomic E-state index is 15.2. The number of rotatable bonds is 9. The third-order valence-electron chi connectivity index (χ3n) is 6.39. The van der Waals surface area contributed by atoms with Gasteiger partial charge in [0.25, 0.3) is 0 Å². The van der Waals surface area contributed by atoms with Gasteiger partial charge < -0.3 is 0 Å². The van der Waals surface area contributed by atoms with Crippen molar-refractivity contribution in [2.24, 2.45) is 0 Å². The smallest absolute Gasteiger partial charge is 0.145 e. The van der Waals surface area contributed by atoms with Gasteiger partial charge in [-0.3, -0.25) is 0 Å². The van der Waals surface area contributed by atoms with Crippen LogP contribution in [-0.2, 0) is 32.1 Å². The third kappa shape index (κ3) is 6.35. The average Bonchev–Trinajstić information content (AvgIpc) is 2.86. The quantitative estimate of drug-likeness (QED) is 0.161. The second kappa shape index (κ2) is 11.6. The first-order valence-corrected chi connectivity index (χ1v) is 12.3. The summed E-state index contributed by atoms with van der Waals surface area (Å²) in [5.74, 6) is -1.88. The molecule has 0 heterocycles. The zero-order valence-corrected chi connectivity index (χ0v) is 20.5. The maximum absolute atomic E-state index is 15.2. The van der Waals surface area contributed by atoms with Crippen LogP contribution in [0.2, 0.25) is 5.02 Å². The van der Waals surface area contributed by atoms with Crippen LogP contribution in [0.25, 0.3) is 10.8 Å². The lowest BCUT2D eigenvalue weighted by Crippen LogP contribution is -1.98. The summed E-state index contributed by atoms with van der Waals surface area (Å²) in [6, 6.07) is 20.7. The molecule has 0 unspecified atom stereocenters. The molecule has 4 heteroatoms. The van der Waals surface area contributed by atoms with E-state index in [1.807, 2.05) is 31.2 Å². The Morgan fingerprint density at radius 1 is 0.657 bits per heavy atom. The Hall–Kier alpha value is -3.04. The molecule has 0 N–H and O–H groups in total. The second-order valence-electron chi connectivity index (χ2n) is 8.89. The summed E-state index contributed by atoms with van der Waals surface area (Å²) in [6.07, 6.45) is 8.84. The molecule has 0 saturated heterocycles. The molecule has 0 spiro atoms. The summed E-state index contributed by atoms with van der Waals surface area (Å²) in [6.45, 7) is 2.04. The lowest BCUT2D eigenvalue weighted by atomic mass is 9.97. The molecule has 0 nitrogen and oxygen atoms in total. The molecule has 4 aromatic carbocycles. The van der Waals surface area contributed by atoms with Crippen molar-refractivity contribution in [1.29, 1.82) is 0 Å². The van der Waals surface area contributed by atoms with Crippen molar-refractivity contribution in [1.82, 2.24) is 0 Å². The number of halogens is 4. The summed E-state index contributed by atoms with van der Waals surface area (Å²) < 4.78 is 42.5. The molecule has 0 aromatic heterocycles. The second-order valence-corrected chi connectivity index (χ2v) is 9.27. The Bertz CT molecular complexity index is 1320. The summed E-state index contributed by atoms with van der Waals surface area (Å²) >= 11 is 5.54. The molecule has 0 atom stereocenters. The molecular weight excluding hydrogens is 465 g/mol. The van der Waals surface area contributed by atoms with E-state index in [-0.39, 0.29) is 5.82 Å². The van der Waals surface area contributed by atoms with Gasteiger partial charge in [0.05, 0.1) is 0 Å². The van der Waals surface area contributed by atoms with E-state index >= 15 is 4.39 Å². The number of allylic oxidation sites excluding steroid dienone is 2. The number of benzene rings is 4. The SMILES string of the molecule is C/C=C/CCc1ccc(CCc2ccc3c(F)c(CCc4cc(F)c(Cl)c(F)c4)ccc3c2)cc1. The van der Waals surface area contributed by atoms with E-state index in [9.17, 15) is 8.78 Å². The largest absolute Gasteiger partial charge is 0.206 e. The van der Waals surface area contributed by atoms with Gasteiger partial charge in [0.15, 0.2) is 0 Å². The molecule has 0 fully saturated rings. The van der Waals surface area contributed by atoms with Crippen LogP contribution in [0.15, 0.2) is 78.9 Å². The summed E-state index contributed by atoms with van der Waals surface area (Å²) in [7, 11) is 0. The van der Waals surface area contributed by atoms with Crippen LogP contribution in [0.4, 0.5) is 13.2 Å². The van der Waals surface area contributed by atoms with Crippen LogP contribution >= 0.6 is 11.6 Å². The number of hydrogen-bond acceptors (Lipinski definition) is 0. The van der Waals surface area contributed by atoms with Gasteiger partial charge in [-0.05, 0) is 90.8 Å². The summed E-state index contributed by atoms with van der Waals surface area (Å²) in [5, 5.41) is 0.899. The molecule has 0 radical (unpaired) electrons. The zero-order chi connectivity index (χ0) is 24.8. The zero-order valence-electron chi connectivity index (χ0n) is 19.8. The van der Waals surface area contributed by atoms with Gasteiger partial charge >= 0.3 is 0 Å². The van der Waals surface area contributed by atoms with Gasteiger partial charge in [0.1, 0.15) is 22.5 Å². The third-order valence-corrected chi connectivity index (χ3v) is 6.75. The maximum Gasteiger partial charge on any atom is 0.145 e. The summed E-state index contributed by atoms with van der Waals surface area (Å²) in [4.78, 5) is 0. The van der Waals surface area contributed by atoms with E-state index in [2.05, 4.69) is 36.4 Å². The molecule has 35 heavy (non-hydrogen) atoms. The van der Waals surface area contributed by atoms with E-state index in [1.165, 1.54) is 23.3 Å². The Balaban J connectivity index is 1.40. The molecule has 180 valence electrons. The van der Waals surface area contributed by atoms with Gasteiger partial charge in [0, 0.05) is 5.39 Å². The first-order valence-electron chi connectivity index (χ1n) is 12.0. The molecule has 4 rings (SSSR count). The molecule has 4 aromatic rings. The van der Waals surface area contributed by atoms with E-state index in [4.69, 9.17) is 11.6 Å². The van der Waals surface area contributed by atoms with Gasteiger partial charge in [-0.2, -0.15) is 0 Å². The van der Waals surface area contributed by atoms with Crippen molar-refractivity contribution in [2.45, 2.75) is 45.4 Å². The van der Waals surface area contributed by atoms with Gasteiger partial charge in [-0.15, -0.1) is 0 Å². The first kappa shape index (κ1) is 25.1. The Kier molecular flexibility index (Phi) is 8.30. The van der Waals surface area contributed by atoms with E-state index < -0.39 is 16.7 Å². The molecular formula is C31H28ClF3. The lowest BCUT2D eigenvalue weighted by molar-refractivity contribution is 0.579. The Morgan fingerprint density at radius 3 is 1.94 bits per heavy atom. The van der Waals surface area contributed by atoms with Crippen molar-refractivity contribution in [2.75, 3.05) is 0 Å². The topological polar surface area (TPSA) is 0 Å². The normalized spacial score (nSPS) is 11.6. The predicted molar refractivity (Wildman–Crippen MR) is 140 cm³/mol. The molecule has 0 aliphatic rings. The van der Waals surface area contributed by atoms with E-state index in [0.717, 1.165) is 36.6 Å². The van der Waals surface area contributed by atoms with E-state index in [1.54, 1.807) is 6.07 Å². The highest BCUT2D eigenvalue weighted by Crippen LogP contribution is 2.26. The molecule has 0 saturated carbocycles. The molecule has 0 bridgehead atoms.